The molecule has 0 aromatic carbocycles. The molecule has 1 rings (SSSR count). The fourth-order valence-electron chi connectivity index (χ4n) is 2.06. The SMILES string of the molecule is CC(=O)N[C@@H]1C(O)[C@H](C(C)C)OC(C)[C@@H]1O. The van der Waals surface area contributed by atoms with Crippen LogP contribution in [0.3, 0.4) is 0 Å². The number of rotatable bonds is 2. The second kappa shape index (κ2) is 5.12. The van der Waals surface area contributed by atoms with Gasteiger partial charge in [0.2, 0.25) is 5.91 Å². The highest BCUT2D eigenvalue weighted by Gasteiger charge is 2.43. The molecular formula is C11H21NO4. The van der Waals surface area contributed by atoms with E-state index < -0.39 is 24.4 Å². The quantitative estimate of drug-likeness (QED) is 0.607. The van der Waals surface area contributed by atoms with Crippen molar-refractivity contribution in [2.75, 3.05) is 0 Å². The van der Waals surface area contributed by atoms with Crippen LogP contribution in [0.1, 0.15) is 27.7 Å². The van der Waals surface area contributed by atoms with E-state index in [9.17, 15) is 15.0 Å². The van der Waals surface area contributed by atoms with Crippen molar-refractivity contribution in [3.63, 3.8) is 0 Å². The standard InChI is InChI=1S/C11H21NO4/c1-5(2)11-10(15)8(12-7(4)13)9(14)6(3)16-11/h5-6,8-11,14-15H,1-4H3,(H,12,13)/t6?,8-,9-,10?,11-/m0/s1. The Labute approximate surface area is 95.8 Å². The molecular weight excluding hydrogens is 210 g/mol. The Kier molecular flexibility index (Phi) is 4.29. The molecule has 3 N–H and O–H groups in total. The van der Waals surface area contributed by atoms with Gasteiger partial charge in [-0.3, -0.25) is 4.79 Å². The van der Waals surface area contributed by atoms with Crippen LogP contribution in [0.4, 0.5) is 0 Å². The molecule has 0 aromatic rings. The predicted octanol–water partition coefficient (Wildman–Crippen LogP) is -0.344. The van der Waals surface area contributed by atoms with Crippen molar-refractivity contribution in [2.24, 2.45) is 5.92 Å². The van der Waals surface area contributed by atoms with Gasteiger partial charge in [0.25, 0.3) is 0 Å². The van der Waals surface area contributed by atoms with Crippen LogP contribution in [0.15, 0.2) is 0 Å². The minimum absolute atomic E-state index is 0.126. The topological polar surface area (TPSA) is 78.8 Å². The summed E-state index contributed by atoms with van der Waals surface area (Å²) < 4.78 is 5.53. The van der Waals surface area contributed by atoms with Crippen molar-refractivity contribution >= 4 is 5.91 Å². The number of carbonyl (C=O) groups is 1. The third-order valence-corrected chi connectivity index (χ3v) is 2.95. The highest BCUT2D eigenvalue weighted by Crippen LogP contribution is 2.25. The number of hydrogen-bond acceptors (Lipinski definition) is 4. The van der Waals surface area contributed by atoms with Crippen LogP contribution >= 0.6 is 0 Å². The lowest BCUT2D eigenvalue weighted by Crippen LogP contribution is -2.63. The van der Waals surface area contributed by atoms with E-state index in [1.807, 2.05) is 13.8 Å². The van der Waals surface area contributed by atoms with Gasteiger partial charge in [0.15, 0.2) is 0 Å². The minimum Gasteiger partial charge on any atom is -0.388 e. The Balaban J connectivity index is 2.81. The first kappa shape index (κ1) is 13.4. The number of hydrogen-bond donors (Lipinski definition) is 3. The maximum absolute atomic E-state index is 11.0. The van der Waals surface area contributed by atoms with Gasteiger partial charge in [0.1, 0.15) is 12.2 Å². The first-order valence-corrected chi connectivity index (χ1v) is 5.63. The van der Waals surface area contributed by atoms with Gasteiger partial charge in [-0.25, -0.2) is 0 Å². The van der Waals surface area contributed by atoms with Crippen molar-refractivity contribution in [2.45, 2.75) is 58.2 Å². The van der Waals surface area contributed by atoms with E-state index in [1.54, 1.807) is 6.92 Å². The van der Waals surface area contributed by atoms with E-state index in [1.165, 1.54) is 6.92 Å². The zero-order valence-electron chi connectivity index (χ0n) is 10.2. The molecule has 2 unspecified atom stereocenters. The molecule has 0 saturated carbocycles. The summed E-state index contributed by atoms with van der Waals surface area (Å²) in [5.74, 6) is -0.138. The summed E-state index contributed by atoms with van der Waals surface area (Å²) >= 11 is 0. The van der Waals surface area contributed by atoms with Crippen LogP contribution in [0, 0.1) is 5.92 Å². The normalized spacial score (nSPS) is 39.8. The third kappa shape index (κ3) is 2.72. The molecule has 1 aliphatic heterocycles. The van der Waals surface area contributed by atoms with Crippen molar-refractivity contribution in [3.8, 4) is 0 Å². The lowest BCUT2D eigenvalue weighted by Gasteiger charge is -2.43. The molecule has 0 radical (unpaired) electrons. The molecule has 5 heteroatoms. The first-order chi connectivity index (χ1) is 7.34. The van der Waals surface area contributed by atoms with Gasteiger partial charge in [-0.15, -0.1) is 0 Å². The second-order valence-corrected chi connectivity index (χ2v) is 4.76. The number of amides is 1. The number of nitrogens with one attached hydrogen (secondary N) is 1. The van der Waals surface area contributed by atoms with Gasteiger partial charge in [-0.1, -0.05) is 13.8 Å². The maximum Gasteiger partial charge on any atom is 0.217 e. The summed E-state index contributed by atoms with van der Waals surface area (Å²) in [7, 11) is 0. The molecule has 16 heavy (non-hydrogen) atoms. The summed E-state index contributed by atoms with van der Waals surface area (Å²) in [6.07, 6.45) is -2.52. The summed E-state index contributed by atoms with van der Waals surface area (Å²) in [6.45, 7) is 6.97. The van der Waals surface area contributed by atoms with Crippen LogP contribution in [-0.4, -0.2) is 46.6 Å². The van der Waals surface area contributed by atoms with Crippen LogP contribution in [0.5, 0.6) is 0 Å². The van der Waals surface area contributed by atoms with Crippen LogP contribution in [-0.2, 0) is 9.53 Å². The summed E-state index contributed by atoms with van der Waals surface area (Å²) in [5.41, 5.74) is 0. The summed E-state index contributed by atoms with van der Waals surface area (Å²) in [4.78, 5) is 11.0. The van der Waals surface area contributed by atoms with E-state index in [0.717, 1.165) is 0 Å². The second-order valence-electron chi connectivity index (χ2n) is 4.76. The molecule has 1 fully saturated rings. The van der Waals surface area contributed by atoms with E-state index in [0.29, 0.717) is 0 Å². The highest BCUT2D eigenvalue weighted by atomic mass is 16.5. The van der Waals surface area contributed by atoms with Crippen molar-refractivity contribution < 1.29 is 19.7 Å². The molecule has 94 valence electrons. The Hall–Kier alpha value is -0.650. The molecule has 0 spiro atoms. The largest absolute Gasteiger partial charge is 0.388 e. The average molecular weight is 231 g/mol. The van der Waals surface area contributed by atoms with E-state index in [-0.39, 0.29) is 17.9 Å². The Morgan fingerprint density at radius 2 is 1.88 bits per heavy atom. The molecule has 0 aliphatic carbocycles. The fourth-order valence-corrected chi connectivity index (χ4v) is 2.06. The zero-order chi connectivity index (χ0) is 12.5. The maximum atomic E-state index is 11.0. The van der Waals surface area contributed by atoms with Crippen LogP contribution in [0.2, 0.25) is 0 Å². The minimum atomic E-state index is -0.881. The third-order valence-electron chi connectivity index (χ3n) is 2.95. The molecule has 5 atom stereocenters. The smallest absolute Gasteiger partial charge is 0.217 e. The Morgan fingerprint density at radius 1 is 1.31 bits per heavy atom. The number of carbonyl (C=O) groups excluding carboxylic acids is 1. The Bertz CT molecular complexity index is 256. The van der Waals surface area contributed by atoms with Gasteiger partial charge in [0.05, 0.1) is 18.2 Å². The monoisotopic (exact) mass is 231 g/mol. The summed E-state index contributed by atoms with van der Waals surface area (Å²) in [5, 5.41) is 22.5. The fraction of sp³-hybridized carbons (Fsp3) is 0.909. The molecule has 1 amide bonds. The summed E-state index contributed by atoms with van der Waals surface area (Å²) in [6, 6.07) is -0.659. The molecule has 0 aromatic heterocycles. The van der Waals surface area contributed by atoms with Crippen LogP contribution in [0.25, 0.3) is 0 Å². The first-order valence-electron chi connectivity index (χ1n) is 5.63. The predicted molar refractivity (Wildman–Crippen MR) is 58.8 cm³/mol. The van der Waals surface area contributed by atoms with E-state index in [4.69, 9.17) is 4.74 Å². The lowest BCUT2D eigenvalue weighted by molar-refractivity contribution is -0.191. The van der Waals surface area contributed by atoms with Gasteiger partial charge in [-0.05, 0) is 12.8 Å². The van der Waals surface area contributed by atoms with Gasteiger partial charge in [-0.2, -0.15) is 0 Å². The Morgan fingerprint density at radius 3 is 2.31 bits per heavy atom. The molecule has 5 nitrogen and oxygen atoms in total. The highest BCUT2D eigenvalue weighted by molar-refractivity contribution is 5.73. The molecule has 1 saturated heterocycles. The molecule has 0 bridgehead atoms. The van der Waals surface area contributed by atoms with Crippen molar-refractivity contribution in [1.82, 2.24) is 5.32 Å². The zero-order valence-corrected chi connectivity index (χ0v) is 10.2. The van der Waals surface area contributed by atoms with Crippen LogP contribution < -0.4 is 5.32 Å². The molecule has 1 heterocycles. The number of aliphatic hydroxyl groups excluding tert-OH is 2. The van der Waals surface area contributed by atoms with Gasteiger partial charge >= 0.3 is 0 Å². The lowest BCUT2D eigenvalue weighted by atomic mass is 9.88. The van der Waals surface area contributed by atoms with Gasteiger partial charge < -0.3 is 20.3 Å². The van der Waals surface area contributed by atoms with E-state index >= 15 is 0 Å². The van der Waals surface area contributed by atoms with Crippen molar-refractivity contribution in [1.29, 1.82) is 0 Å². The van der Waals surface area contributed by atoms with E-state index in [2.05, 4.69) is 5.32 Å². The average Bonchev–Trinajstić information content (AvgIpc) is 2.17. The molecule has 1 aliphatic rings. The number of aliphatic hydroxyl groups is 2. The van der Waals surface area contributed by atoms with Gasteiger partial charge in [0, 0.05) is 6.92 Å². The number of ether oxygens (including phenoxy) is 1. The van der Waals surface area contributed by atoms with Crippen molar-refractivity contribution in [3.05, 3.63) is 0 Å².